The normalized spacial score (nSPS) is 17.9. The molecule has 2 aliphatic rings. The molecule has 0 spiro atoms. The number of benzene rings is 3. The number of anilines is 2. The van der Waals surface area contributed by atoms with Crippen molar-refractivity contribution in [1.82, 2.24) is 9.21 Å². The zero-order valence-corrected chi connectivity index (χ0v) is 23.5. The Hall–Kier alpha value is -2.34. The minimum Gasteiger partial charge on any atom is -0.368 e. The van der Waals surface area contributed by atoms with Gasteiger partial charge in [-0.25, -0.2) is 17.5 Å². The number of sulfonamides is 1. The van der Waals surface area contributed by atoms with E-state index >= 15 is 0 Å². The Bertz CT molecular complexity index is 1380. The first-order valence-electron chi connectivity index (χ1n) is 11.6. The van der Waals surface area contributed by atoms with E-state index in [-0.39, 0.29) is 18.0 Å². The van der Waals surface area contributed by atoms with Crippen molar-refractivity contribution in [2.24, 2.45) is 0 Å². The lowest BCUT2D eigenvalue weighted by atomic mass is 10.1. The molecule has 0 aromatic heterocycles. The summed E-state index contributed by atoms with van der Waals surface area (Å²) in [5, 5.41) is 0.398. The van der Waals surface area contributed by atoms with Gasteiger partial charge in [0.15, 0.2) is 0 Å². The highest BCUT2D eigenvalue weighted by Crippen LogP contribution is 2.44. The Morgan fingerprint density at radius 2 is 1.47 bits per heavy atom. The third kappa shape index (κ3) is 4.93. The maximum Gasteiger partial charge on any atom is 0.339 e. The number of likely N-dealkylation sites (N-methyl/N-ethyl adjacent to an activating group) is 1. The van der Waals surface area contributed by atoms with Crippen LogP contribution in [-0.4, -0.2) is 56.9 Å². The summed E-state index contributed by atoms with van der Waals surface area (Å²) in [6.45, 7) is 3.13. The lowest BCUT2D eigenvalue weighted by Crippen LogP contribution is -2.51. The topological polar surface area (TPSA) is 64.2 Å². The fourth-order valence-electron chi connectivity index (χ4n) is 4.59. The third-order valence-electron chi connectivity index (χ3n) is 6.56. The first kappa shape index (κ1) is 25.3. The molecule has 1 saturated heterocycles. The van der Waals surface area contributed by atoms with E-state index in [0.717, 1.165) is 32.1 Å². The smallest absolute Gasteiger partial charge is 0.339 e. The number of urea groups is 1. The van der Waals surface area contributed by atoms with Gasteiger partial charge in [0, 0.05) is 34.8 Å². The monoisotopic (exact) mass is 636 g/mol. The average Bonchev–Trinajstić information content (AvgIpc) is 2.86. The van der Waals surface area contributed by atoms with Gasteiger partial charge in [0.1, 0.15) is 4.90 Å². The fraction of sp³-hybridized carbons (Fsp3) is 0.269. The van der Waals surface area contributed by atoms with Gasteiger partial charge in [0.05, 0.1) is 24.5 Å². The summed E-state index contributed by atoms with van der Waals surface area (Å²) in [6.07, 6.45) is 0. The highest BCUT2D eigenvalue weighted by Gasteiger charge is 2.44. The fourth-order valence-corrected chi connectivity index (χ4v) is 6.89. The number of carbonyl (C=O) groups excluding carboxylic acids is 1. The Labute approximate surface area is 230 Å². The molecule has 0 unspecified atom stereocenters. The minimum absolute atomic E-state index is 0.0480. The van der Waals surface area contributed by atoms with Gasteiger partial charge in [-0.2, -0.15) is 0 Å². The van der Waals surface area contributed by atoms with E-state index in [1.807, 2.05) is 61.6 Å². The van der Waals surface area contributed by atoms with Gasteiger partial charge in [-0.05, 0) is 65.0 Å². The van der Waals surface area contributed by atoms with E-state index in [1.165, 1.54) is 4.90 Å². The standard InChI is InChI=1S/C26H26ClIN4O3S/c1-29-11-13-30(14-12-29)23-15-21(27)16-24-25(23)36(34,35)32(18-20-7-9-22(28)10-8-20)26(33)31(24)17-19-5-3-2-4-6-19/h2-10,15-16H,11-14,17-18H2,1H3. The van der Waals surface area contributed by atoms with Crippen LogP contribution in [0.2, 0.25) is 5.02 Å². The molecule has 0 atom stereocenters. The number of hydrogen-bond acceptors (Lipinski definition) is 5. The third-order valence-corrected chi connectivity index (χ3v) is 9.30. The molecule has 2 heterocycles. The summed E-state index contributed by atoms with van der Waals surface area (Å²) in [7, 11) is -2.10. The highest BCUT2D eigenvalue weighted by atomic mass is 127. The van der Waals surface area contributed by atoms with Crippen LogP contribution >= 0.6 is 34.2 Å². The van der Waals surface area contributed by atoms with Gasteiger partial charge in [0.25, 0.3) is 10.0 Å². The van der Waals surface area contributed by atoms with Crippen LogP contribution < -0.4 is 9.80 Å². The maximum absolute atomic E-state index is 14.1. The summed E-state index contributed by atoms with van der Waals surface area (Å²) < 4.78 is 30.3. The molecule has 10 heteroatoms. The van der Waals surface area contributed by atoms with Crippen molar-refractivity contribution in [3.63, 3.8) is 0 Å². The van der Waals surface area contributed by atoms with Crippen LogP contribution in [0.1, 0.15) is 11.1 Å². The Balaban J connectivity index is 1.65. The van der Waals surface area contributed by atoms with E-state index in [0.29, 0.717) is 29.5 Å². The van der Waals surface area contributed by atoms with Crippen LogP contribution in [0.15, 0.2) is 71.6 Å². The van der Waals surface area contributed by atoms with Crippen molar-refractivity contribution in [3.8, 4) is 0 Å². The molecule has 7 nitrogen and oxygen atoms in total. The molecule has 0 bridgehead atoms. The van der Waals surface area contributed by atoms with Crippen LogP contribution in [0.5, 0.6) is 0 Å². The molecular formula is C26H26ClIN4O3S. The molecule has 0 N–H and O–H groups in total. The van der Waals surface area contributed by atoms with Crippen molar-refractivity contribution in [1.29, 1.82) is 0 Å². The van der Waals surface area contributed by atoms with Gasteiger partial charge >= 0.3 is 6.03 Å². The van der Waals surface area contributed by atoms with E-state index in [1.54, 1.807) is 12.1 Å². The summed E-state index contributed by atoms with van der Waals surface area (Å²) in [5.74, 6) is 0. The quantitative estimate of drug-likeness (QED) is 0.368. The first-order chi connectivity index (χ1) is 17.2. The highest BCUT2D eigenvalue weighted by molar-refractivity contribution is 14.1. The Morgan fingerprint density at radius 1 is 0.861 bits per heavy atom. The van der Waals surface area contributed by atoms with E-state index in [4.69, 9.17) is 11.6 Å². The van der Waals surface area contributed by atoms with E-state index in [2.05, 4.69) is 32.4 Å². The van der Waals surface area contributed by atoms with Gasteiger partial charge in [-0.15, -0.1) is 0 Å². The zero-order chi connectivity index (χ0) is 25.4. The van der Waals surface area contributed by atoms with Gasteiger partial charge in [0.2, 0.25) is 0 Å². The predicted molar refractivity (Wildman–Crippen MR) is 151 cm³/mol. The molecule has 2 aliphatic heterocycles. The van der Waals surface area contributed by atoms with Crippen molar-refractivity contribution < 1.29 is 13.2 Å². The van der Waals surface area contributed by atoms with Crippen LogP contribution in [0.4, 0.5) is 16.2 Å². The largest absolute Gasteiger partial charge is 0.368 e. The van der Waals surface area contributed by atoms with Crippen molar-refractivity contribution in [3.05, 3.63) is 86.4 Å². The molecule has 1 fully saturated rings. The summed E-state index contributed by atoms with van der Waals surface area (Å²) in [6, 6.07) is 19.8. The molecule has 3 aromatic carbocycles. The van der Waals surface area contributed by atoms with Crippen LogP contribution in [-0.2, 0) is 23.1 Å². The number of carbonyl (C=O) groups is 1. The van der Waals surface area contributed by atoms with Crippen molar-refractivity contribution in [2.45, 2.75) is 18.0 Å². The van der Waals surface area contributed by atoms with E-state index in [9.17, 15) is 13.2 Å². The lowest BCUT2D eigenvalue weighted by molar-refractivity contribution is 0.226. The van der Waals surface area contributed by atoms with Gasteiger partial charge in [-0.1, -0.05) is 54.1 Å². The Kier molecular flexibility index (Phi) is 7.17. The molecule has 0 saturated carbocycles. The maximum atomic E-state index is 14.1. The SMILES string of the molecule is CN1CCN(c2cc(Cl)cc3c2S(=O)(=O)N(Cc2ccc(I)cc2)C(=O)N3Cc2ccccc2)CC1. The summed E-state index contributed by atoms with van der Waals surface area (Å²) in [5.41, 5.74) is 2.50. The average molecular weight is 637 g/mol. The molecule has 3 aromatic rings. The molecule has 36 heavy (non-hydrogen) atoms. The molecule has 0 aliphatic carbocycles. The molecule has 188 valence electrons. The van der Waals surface area contributed by atoms with E-state index < -0.39 is 16.1 Å². The van der Waals surface area contributed by atoms with Gasteiger partial charge in [-0.3, -0.25) is 4.90 Å². The number of amides is 2. The predicted octanol–water partition coefficient (Wildman–Crippen LogP) is 5.03. The molecular weight excluding hydrogens is 611 g/mol. The van der Waals surface area contributed by atoms with Crippen LogP contribution in [0, 0.1) is 3.57 Å². The Morgan fingerprint density at radius 3 is 2.14 bits per heavy atom. The number of piperazine rings is 1. The van der Waals surface area contributed by atoms with Crippen LogP contribution in [0.25, 0.3) is 0 Å². The van der Waals surface area contributed by atoms with Gasteiger partial charge < -0.3 is 9.80 Å². The summed E-state index contributed by atoms with van der Waals surface area (Å²) in [4.78, 5) is 19.8. The van der Waals surface area contributed by atoms with Crippen molar-refractivity contribution in [2.75, 3.05) is 43.0 Å². The molecule has 0 radical (unpaired) electrons. The van der Waals surface area contributed by atoms with Crippen molar-refractivity contribution >= 4 is 61.6 Å². The number of rotatable bonds is 5. The molecule has 2 amide bonds. The number of hydrogen-bond donors (Lipinski definition) is 0. The number of fused-ring (bicyclic) bond motifs is 1. The number of nitrogens with zero attached hydrogens (tertiary/aromatic N) is 4. The second-order valence-electron chi connectivity index (χ2n) is 9.06. The second kappa shape index (κ2) is 10.2. The molecule has 5 rings (SSSR count). The van der Waals surface area contributed by atoms with Crippen LogP contribution in [0.3, 0.4) is 0 Å². The zero-order valence-electron chi connectivity index (χ0n) is 19.8. The second-order valence-corrected chi connectivity index (χ2v) is 12.5. The first-order valence-corrected chi connectivity index (χ1v) is 14.5. The summed E-state index contributed by atoms with van der Waals surface area (Å²) >= 11 is 8.73. The minimum atomic E-state index is -4.15. The lowest BCUT2D eigenvalue weighted by Gasteiger charge is -2.40. The number of halogens is 2.